The molecule has 1 aliphatic heterocycles. The monoisotopic (exact) mass is 278 g/mol. The van der Waals surface area contributed by atoms with Crippen LogP contribution >= 0.6 is 11.3 Å². The summed E-state index contributed by atoms with van der Waals surface area (Å²) in [5.74, 6) is -0.838. The van der Waals surface area contributed by atoms with Crippen LogP contribution in [0.1, 0.15) is 12.8 Å². The number of aliphatic carboxylic acids is 1. The van der Waals surface area contributed by atoms with Crippen molar-refractivity contribution < 1.29 is 14.6 Å². The molecule has 2 N–H and O–H groups in total. The van der Waals surface area contributed by atoms with Crippen LogP contribution in [0, 0.1) is 0 Å². The van der Waals surface area contributed by atoms with Crippen molar-refractivity contribution in [1.82, 2.24) is 4.98 Å². The van der Waals surface area contributed by atoms with Gasteiger partial charge in [0.15, 0.2) is 5.13 Å². The number of para-hydroxylation sites is 1. The molecule has 1 fully saturated rings. The zero-order chi connectivity index (χ0) is 13.3. The van der Waals surface area contributed by atoms with Gasteiger partial charge in [0.1, 0.15) is 5.54 Å². The Bertz CT molecular complexity index is 572. The summed E-state index contributed by atoms with van der Waals surface area (Å²) in [4.78, 5) is 16.0. The first-order valence-electron chi connectivity index (χ1n) is 6.15. The van der Waals surface area contributed by atoms with Gasteiger partial charge in [-0.1, -0.05) is 23.5 Å². The first-order valence-corrected chi connectivity index (χ1v) is 6.96. The van der Waals surface area contributed by atoms with Crippen LogP contribution < -0.4 is 5.32 Å². The molecule has 3 rings (SSSR count). The fourth-order valence-electron chi connectivity index (χ4n) is 2.24. The largest absolute Gasteiger partial charge is 0.480 e. The van der Waals surface area contributed by atoms with Crippen LogP contribution in [0.3, 0.4) is 0 Å². The Hall–Kier alpha value is -1.66. The molecule has 0 unspecified atom stereocenters. The van der Waals surface area contributed by atoms with Crippen molar-refractivity contribution in [2.75, 3.05) is 18.5 Å². The summed E-state index contributed by atoms with van der Waals surface area (Å²) < 4.78 is 6.30. The molecule has 5 nitrogen and oxygen atoms in total. The topological polar surface area (TPSA) is 71.5 Å². The zero-order valence-corrected chi connectivity index (χ0v) is 11.1. The second-order valence-electron chi connectivity index (χ2n) is 4.61. The van der Waals surface area contributed by atoms with Gasteiger partial charge in [-0.3, -0.25) is 0 Å². The maximum absolute atomic E-state index is 11.6. The SMILES string of the molecule is O=C(O)C1(Nc2nc3ccccc3s2)CCOCC1. The molecule has 1 aromatic carbocycles. The Morgan fingerprint density at radius 1 is 1.37 bits per heavy atom. The number of fused-ring (bicyclic) bond motifs is 1. The van der Waals surface area contributed by atoms with E-state index in [0.717, 1.165) is 10.2 Å². The summed E-state index contributed by atoms with van der Waals surface area (Å²) >= 11 is 1.48. The van der Waals surface area contributed by atoms with Gasteiger partial charge in [0.05, 0.1) is 10.2 Å². The Morgan fingerprint density at radius 3 is 2.79 bits per heavy atom. The quantitative estimate of drug-likeness (QED) is 0.901. The Kier molecular flexibility index (Phi) is 3.12. The van der Waals surface area contributed by atoms with Gasteiger partial charge in [0.2, 0.25) is 0 Å². The van der Waals surface area contributed by atoms with Crippen molar-refractivity contribution in [3.63, 3.8) is 0 Å². The number of carboxylic acid groups (broad SMARTS) is 1. The predicted molar refractivity (Wildman–Crippen MR) is 73.7 cm³/mol. The molecule has 0 spiro atoms. The van der Waals surface area contributed by atoms with Crippen LogP contribution in [-0.4, -0.2) is 34.8 Å². The summed E-state index contributed by atoms with van der Waals surface area (Å²) in [5, 5.41) is 13.3. The second kappa shape index (κ2) is 4.79. The smallest absolute Gasteiger partial charge is 0.329 e. The van der Waals surface area contributed by atoms with Gasteiger partial charge >= 0.3 is 5.97 Å². The van der Waals surface area contributed by atoms with Crippen LogP contribution in [-0.2, 0) is 9.53 Å². The lowest BCUT2D eigenvalue weighted by molar-refractivity contribution is -0.145. The number of rotatable bonds is 3. The molecule has 19 heavy (non-hydrogen) atoms. The fraction of sp³-hybridized carbons (Fsp3) is 0.385. The van der Waals surface area contributed by atoms with Crippen LogP contribution in [0.15, 0.2) is 24.3 Å². The van der Waals surface area contributed by atoms with Crippen molar-refractivity contribution in [3.05, 3.63) is 24.3 Å². The number of aromatic nitrogens is 1. The van der Waals surface area contributed by atoms with Crippen molar-refractivity contribution in [1.29, 1.82) is 0 Å². The summed E-state index contributed by atoms with van der Waals surface area (Å²) in [5.41, 5.74) is -0.0610. The molecule has 1 saturated heterocycles. The van der Waals surface area contributed by atoms with E-state index in [0.29, 0.717) is 31.2 Å². The second-order valence-corrected chi connectivity index (χ2v) is 5.64. The normalized spacial score (nSPS) is 18.3. The van der Waals surface area contributed by atoms with Crippen LogP contribution in [0.5, 0.6) is 0 Å². The molecule has 100 valence electrons. The average molecular weight is 278 g/mol. The standard InChI is InChI=1S/C13H14N2O3S/c16-11(17)13(5-7-18-8-6-13)15-12-14-9-3-1-2-4-10(9)19-12/h1-4H,5-8H2,(H,14,15)(H,16,17). The number of ether oxygens (including phenoxy) is 1. The molecule has 6 heteroatoms. The van der Waals surface area contributed by atoms with E-state index in [1.54, 1.807) is 0 Å². The maximum Gasteiger partial charge on any atom is 0.329 e. The number of thiazole rings is 1. The van der Waals surface area contributed by atoms with Gasteiger partial charge in [0.25, 0.3) is 0 Å². The van der Waals surface area contributed by atoms with E-state index in [1.165, 1.54) is 11.3 Å². The van der Waals surface area contributed by atoms with Gasteiger partial charge in [-0.25, -0.2) is 9.78 Å². The van der Waals surface area contributed by atoms with E-state index in [4.69, 9.17) is 4.74 Å². The first-order chi connectivity index (χ1) is 9.20. The molecule has 0 radical (unpaired) electrons. The molecule has 2 heterocycles. The molecular formula is C13H14N2O3S. The highest BCUT2D eigenvalue weighted by molar-refractivity contribution is 7.22. The molecule has 0 saturated carbocycles. The summed E-state index contributed by atoms with van der Waals surface area (Å²) in [7, 11) is 0. The minimum absolute atomic E-state index is 0.457. The molecule has 1 aliphatic rings. The van der Waals surface area contributed by atoms with Gasteiger partial charge in [-0.15, -0.1) is 0 Å². The number of carbonyl (C=O) groups is 1. The lowest BCUT2D eigenvalue weighted by Gasteiger charge is -2.33. The van der Waals surface area contributed by atoms with Gasteiger partial charge < -0.3 is 15.2 Å². The number of nitrogens with zero attached hydrogens (tertiary/aromatic N) is 1. The lowest BCUT2D eigenvalue weighted by atomic mass is 9.90. The Balaban J connectivity index is 1.91. The molecule has 0 bridgehead atoms. The molecular weight excluding hydrogens is 264 g/mol. The van der Waals surface area contributed by atoms with Crippen molar-refractivity contribution in [2.24, 2.45) is 0 Å². The van der Waals surface area contributed by atoms with Crippen molar-refractivity contribution in [3.8, 4) is 0 Å². The van der Waals surface area contributed by atoms with Crippen LogP contribution in [0.4, 0.5) is 5.13 Å². The maximum atomic E-state index is 11.6. The highest BCUT2D eigenvalue weighted by Crippen LogP contribution is 2.31. The number of anilines is 1. The van der Waals surface area contributed by atoms with E-state index >= 15 is 0 Å². The third kappa shape index (κ3) is 2.29. The number of hydrogen-bond acceptors (Lipinski definition) is 5. The molecule has 2 aromatic rings. The molecule has 0 atom stereocenters. The molecule has 1 aromatic heterocycles. The van der Waals surface area contributed by atoms with Crippen molar-refractivity contribution >= 4 is 32.7 Å². The van der Waals surface area contributed by atoms with Gasteiger partial charge in [-0.05, 0) is 12.1 Å². The third-order valence-corrected chi connectivity index (χ3v) is 4.35. The van der Waals surface area contributed by atoms with Crippen LogP contribution in [0.2, 0.25) is 0 Å². The third-order valence-electron chi connectivity index (χ3n) is 3.40. The van der Waals surface area contributed by atoms with Crippen molar-refractivity contribution in [2.45, 2.75) is 18.4 Å². The molecule has 0 aliphatic carbocycles. The van der Waals surface area contributed by atoms with Gasteiger partial charge in [0, 0.05) is 26.1 Å². The lowest BCUT2D eigenvalue weighted by Crippen LogP contribution is -2.50. The number of carboxylic acids is 1. The Morgan fingerprint density at radius 2 is 2.11 bits per heavy atom. The summed E-state index contributed by atoms with van der Waals surface area (Å²) in [6.45, 7) is 0.925. The highest BCUT2D eigenvalue weighted by atomic mass is 32.1. The van der Waals surface area contributed by atoms with E-state index in [-0.39, 0.29) is 0 Å². The average Bonchev–Trinajstić information content (AvgIpc) is 2.81. The first kappa shape index (κ1) is 12.4. The molecule has 0 amide bonds. The van der Waals surface area contributed by atoms with Crippen LogP contribution in [0.25, 0.3) is 10.2 Å². The highest BCUT2D eigenvalue weighted by Gasteiger charge is 2.40. The van der Waals surface area contributed by atoms with E-state index in [2.05, 4.69) is 10.3 Å². The number of hydrogen-bond donors (Lipinski definition) is 2. The number of nitrogens with one attached hydrogen (secondary N) is 1. The van der Waals surface area contributed by atoms with E-state index < -0.39 is 11.5 Å². The predicted octanol–water partition coefficient (Wildman–Crippen LogP) is 2.34. The van der Waals surface area contributed by atoms with E-state index in [1.807, 2.05) is 24.3 Å². The minimum Gasteiger partial charge on any atom is -0.480 e. The van der Waals surface area contributed by atoms with Gasteiger partial charge in [-0.2, -0.15) is 0 Å². The fourth-order valence-corrected chi connectivity index (χ4v) is 3.21. The summed E-state index contributed by atoms with van der Waals surface area (Å²) in [6, 6.07) is 7.78. The summed E-state index contributed by atoms with van der Waals surface area (Å²) in [6.07, 6.45) is 0.913. The number of benzene rings is 1. The van der Waals surface area contributed by atoms with E-state index in [9.17, 15) is 9.90 Å². The zero-order valence-electron chi connectivity index (χ0n) is 10.3. The minimum atomic E-state index is -0.952. The Labute approximate surface area is 114 Å².